The van der Waals surface area contributed by atoms with Crippen molar-refractivity contribution in [3.63, 3.8) is 0 Å². The van der Waals surface area contributed by atoms with Crippen molar-refractivity contribution in [1.29, 1.82) is 0 Å². The van der Waals surface area contributed by atoms with Gasteiger partial charge in [0.2, 0.25) is 0 Å². The summed E-state index contributed by atoms with van der Waals surface area (Å²) in [6.45, 7) is 0.520. The van der Waals surface area contributed by atoms with Crippen LogP contribution >= 0.6 is 23.2 Å². The molecular formula is C12H9Cl2FN2O. The van der Waals surface area contributed by atoms with Crippen LogP contribution in [0, 0.1) is 5.82 Å². The van der Waals surface area contributed by atoms with Crippen molar-refractivity contribution in [3.8, 4) is 11.4 Å². The minimum absolute atomic E-state index is 0.286. The van der Waals surface area contributed by atoms with Crippen LogP contribution in [0.5, 0.6) is 0 Å². The SMILES string of the molecule is COCc1ccc(-c2nc(Cl)c(F)c(Cl)n2)cc1. The average molecular weight is 287 g/mol. The Balaban J connectivity index is 2.36. The van der Waals surface area contributed by atoms with Gasteiger partial charge >= 0.3 is 0 Å². The molecule has 18 heavy (non-hydrogen) atoms. The number of rotatable bonds is 3. The molecule has 1 aromatic carbocycles. The van der Waals surface area contributed by atoms with Crippen LogP contribution in [0.4, 0.5) is 4.39 Å². The first kappa shape index (κ1) is 13.2. The minimum Gasteiger partial charge on any atom is -0.380 e. The molecule has 0 amide bonds. The Morgan fingerprint density at radius 2 is 1.67 bits per heavy atom. The summed E-state index contributed by atoms with van der Waals surface area (Å²) < 4.78 is 18.2. The molecule has 0 radical (unpaired) electrons. The molecule has 6 heteroatoms. The molecule has 0 saturated carbocycles. The van der Waals surface area contributed by atoms with Crippen molar-refractivity contribution in [2.24, 2.45) is 0 Å². The van der Waals surface area contributed by atoms with E-state index in [4.69, 9.17) is 27.9 Å². The molecule has 0 aliphatic rings. The van der Waals surface area contributed by atoms with Gasteiger partial charge in [-0.05, 0) is 5.56 Å². The number of hydrogen-bond donors (Lipinski definition) is 0. The van der Waals surface area contributed by atoms with Gasteiger partial charge in [0.05, 0.1) is 6.61 Å². The second-order valence-corrected chi connectivity index (χ2v) is 4.29. The quantitative estimate of drug-likeness (QED) is 0.807. The van der Waals surface area contributed by atoms with Crippen molar-refractivity contribution < 1.29 is 9.13 Å². The van der Waals surface area contributed by atoms with Gasteiger partial charge in [-0.25, -0.2) is 14.4 Å². The highest BCUT2D eigenvalue weighted by Crippen LogP contribution is 2.24. The van der Waals surface area contributed by atoms with Crippen LogP contribution < -0.4 is 0 Å². The standard InChI is InChI=1S/C12H9Cl2FN2O/c1-18-6-7-2-4-8(5-3-7)12-16-10(13)9(15)11(14)17-12/h2-5H,6H2,1H3. The van der Waals surface area contributed by atoms with E-state index in [1.54, 1.807) is 19.2 Å². The Morgan fingerprint density at radius 1 is 1.11 bits per heavy atom. The molecule has 3 nitrogen and oxygen atoms in total. The van der Waals surface area contributed by atoms with Crippen LogP contribution in [-0.4, -0.2) is 17.1 Å². The molecule has 0 spiro atoms. The van der Waals surface area contributed by atoms with Gasteiger partial charge < -0.3 is 4.74 Å². The number of methoxy groups -OCH3 is 1. The fraction of sp³-hybridized carbons (Fsp3) is 0.167. The predicted octanol–water partition coefficient (Wildman–Crippen LogP) is 3.74. The zero-order valence-electron chi connectivity index (χ0n) is 9.45. The smallest absolute Gasteiger partial charge is 0.197 e. The predicted molar refractivity (Wildman–Crippen MR) is 68.2 cm³/mol. The highest BCUT2D eigenvalue weighted by atomic mass is 35.5. The van der Waals surface area contributed by atoms with E-state index in [-0.39, 0.29) is 16.1 Å². The van der Waals surface area contributed by atoms with Crippen molar-refractivity contribution in [2.75, 3.05) is 7.11 Å². The van der Waals surface area contributed by atoms with Gasteiger partial charge in [0.1, 0.15) is 0 Å². The van der Waals surface area contributed by atoms with Crippen molar-refractivity contribution in [2.45, 2.75) is 6.61 Å². The van der Waals surface area contributed by atoms with Gasteiger partial charge in [0.25, 0.3) is 0 Å². The zero-order chi connectivity index (χ0) is 13.1. The molecule has 2 rings (SSSR count). The first-order valence-corrected chi connectivity index (χ1v) is 5.84. The molecule has 0 unspecified atom stereocenters. The van der Waals surface area contributed by atoms with E-state index in [2.05, 4.69) is 9.97 Å². The third kappa shape index (κ3) is 2.77. The lowest BCUT2D eigenvalue weighted by atomic mass is 10.1. The number of benzene rings is 1. The van der Waals surface area contributed by atoms with Gasteiger partial charge in [-0.2, -0.15) is 0 Å². The summed E-state index contributed by atoms with van der Waals surface area (Å²) in [6.07, 6.45) is 0. The van der Waals surface area contributed by atoms with Crippen LogP contribution in [0.3, 0.4) is 0 Å². The van der Waals surface area contributed by atoms with E-state index >= 15 is 0 Å². The number of aromatic nitrogens is 2. The normalized spacial score (nSPS) is 10.7. The van der Waals surface area contributed by atoms with E-state index in [0.717, 1.165) is 5.56 Å². The van der Waals surface area contributed by atoms with Crippen molar-refractivity contribution >= 4 is 23.2 Å². The van der Waals surface area contributed by atoms with E-state index < -0.39 is 5.82 Å². The Morgan fingerprint density at radius 3 is 2.17 bits per heavy atom. The molecule has 0 bridgehead atoms. The zero-order valence-corrected chi connectivity index (χ0v) is 11.0. The third-order valence-electron chi connectivity index (χ3n) is 2.29. The molecule has 0 saturated heterocycles. The van der Waals surface area contributed by atoms with Crippen LogP contribution in [0.15, 0.2) is 24.3 Å². The van der Waals surface area contributed by atoms with E-state index in [9.17, 15) is 4.39 Å². The largest absolute Gasteiger partial charge is 0.380 e. The van der Waals surface area contributed by atoms with Crippen LogP contribution in [0.1, 0.15) is 5.56 Å². The van der Waals surface area contributed by atoms with E-state index in [0.29, 0.717) is 12.2 Å². The Hall–Kier alpha value is -1.23. The molecule has 1 aromatic heterocycles. The molecule has 0 N–H and O–H groups in total. The second-order valence-electron chi connectivity index (χ2n) is 3.57. The average Bonchev–Trinajstić information content (AvgIpc) is 2.37. The van der Waals surface area contributed by atoms with Crippen molar-refractivity contribution in [3.05, 3.63) is 46.0 Å². The van der Waals surface area contributed by atoms with Gasteiger partial charge in [0, 0.05) is 12.7 Å². The number of halogens is 3. The Bertz CT molecular complexity index is 537. The topological polar surface area (TPSA) is 35.0 Å². The maximum atomic E-state index is 13.2. The van der Waals surface area contributed by atoms with E-state index in [1.807, 2.05) is 12.1 Å². The lowest BCUT2D eigenvalue weighted by Gasteiger charge is -2.04. The number of hydrogen-bond acceptors (Lipinski definition) is 3. The second kappa shape index (κ2) is 5.61. The van der Waals surface area contributed by atoms with Crippen LogP contribution in [-0.2, 0) is 11.3 Å². The molecule has 0 fully saturated rings. The molecule has 0 atom stereocenters. The van der Waals surface area contributed by atoms with Gasteiger partial charge in [-0.1, -0.05) is 47.5 Å². The van der Waals surface area contributed by atoms with Gasteiger partial charge in [-0.3, -0.25) is 0 Å². The summed E-state index contributed by atoms with van der Waals surface area (Å²) in [5.41, 5.74) is 1.72. The third-order valence-corrected chi connectivity index (χ3v) is 2.79. The first-order chi connectivity index (χ1) is 8.61. The van der Waals surface area contributed by atoms with E-state index in [1.165, 1.54) is 0 Å². The number of nitrogens with zero attached hydrogens (tertiary/aromatic N) is 2. The molecule has 0 aliphatic heterocycles. The molecule has 94 valence electrons. The molecular weight excluding hydrogens is 278 g/mol. The monoisotopic (exact) mass is 286 g/mol. The number of ether oxygens (including phenoxy) is 1. The minimum atomic E-state index is -0.807. The summed E-state index contributed by atoms with van der Waals surface area (Å²) >= 11 is 11.2. The first-order valence-electron chi connectivity index (χ1n) is 5.08. The van der Waals surface area contributed by atoms with Crippen LogP contribution in [0.25, 0.3) is 11.4 Å². The fourth-order valence-corrected chi connectivity index (χ4v) is 1.83. The maximum Gasteiger partial charge on any atom is 0.197 e. The lowest BCUT2D eigenvalue weighted by molar-refractivity contribution is 0.185. The Kier molecular flexibility index (Phi) is 4.11. The summed E-state index contributed by atoms with van der Waals surface area (Å²) in [6, 6.07) is 7.34. The molecule has 1 heterocycles. The highest BCUT2D eigenvalue weighted by Gasteiger charge is 2.12. The summed E-state index contributed by atoms with van der Waals surface area (Å²) in [5.74, 6) is -0.520. The van der Waals surface area contributed by atoms with Gasteiger partial charge in [0.15, 0.2) is 21.9 Å². The maximum absolute atomic E-state index is 13.2. The molecule has 0 aliphatic carbocycles. The summed E-state index contributed by atoms with van der Waals surface area (Å²) in [4.78, 5) is 7.69. The lowest BCUT2D eigenvalue weighted by Crippen LogP contribution is -1.95. The molecule has 2 aromatic rings. The summed E-state index contributed by atoms with van der Waals surface area (Å²) in [7, 11) is 1.62. The Labute approximate surface area is 114 Å². The fourth-order valence-electron chi connectivity index (χ4n) is 1.44. The van der Waals surface area contributed by atoms with Crippen LogP contribution in [0.2, 0.25) is 10.3 Å². The highest BCUT2D eigenvalue weighted by molar-refractivity contribution is 6.33. The van der Waals surface area contributed by atoms with Crippen molar-refractivity contribution in [1.82, 2.24) is 9.97 Å². The van der Waals surface area contributed by atoms with Gasteiger partial charge in [-0.15, -0.1) is 0 Å². The summed E-state index contributed by atoms with van der Waals surface area (Å²) in [5, 5.41) is -0.572.